The highest BCUT2D eigenvalue weighted by molar-refractivity contribution is 8.00. The summed E-state index contributed by atoms with van der Waals surface area (Å²) in [5.41, 5.74) is 0. The highest BCUT2D eigenvalue weighted by Crippen LogP contribution is 2.24. The molecule has 0 aliphatic rings. The monoisotopic (exact) mass is 327 g/mol. The molecule has 0 spiro atoms. The fraction of sp³-hybridized carbons (Fsp3) is 0.333. The van der Waals surface area contributed by atoms with Gasteiger partial charge in [-0.15, -0.1) is 11.8 Å². The Morgan fingerprint density at radius 1 is 1.38 bits per heavy atom. The normalized spacial score (nSPS) is 13.9. The van der Waals surface area contributed by atoms with Gasteiger partial charge in [0.2, 0.25) is 5.91 Å². The molecule has 2 unspecified atom stereocenters. The average molecular weight is 328 g/mol. The topological polar surface area (TPSA) is 66.4 Å². The zero-order valence-corrected chi connectivity index (χ0v) is 13.4. The minimum Gasteiger partial charge on any atom is -0.480 e. The van der Waals surface area contributed by atoms with E-state index in [0.29, 0.717) is 5.02 Å². The Bertz CT molecular complexity index is 516. The van der Waals surface area contributed by atoms with E-state index in [1.165, 1.54) is 11.8 Å². The molecule has 0 saturated carbocycles. The van der Waals surface area contributed by atoms with Crippen molar-refractivity contribution in [3.63, 3.8) is 0 Å². The van der Waals surface area contributed by atoms with Gasteiger partial charge in [-0.1, -0.05) is 23.8 Å². The van der Waals surface area contributed by atoms with E-state index in [1.54, 1.807) is 38.1 Å². The molecule has 1 aromatic carbocycles. The van der Waals surface area contributed by atoms with Gasteiger partial charge >= 0.3 is 5.97 Å². The number of nitrogens with one attached hydrogen (secondary N) is 1. The van der Waals surface area contributed by atoms with Crippen molar-refractivity contribution < 1.29 is 14.7 Å². The van der Waals surface area contributed by atoms with Crippen molar-refractivity contribution in [2.45, 2.75) is 36.5 Å². The number of rotatable bonds is 7. The van der Waals surface area contributed by atoms with Crippen LogP contribution in [-0.4, -0.2) is 28.3 Å². The van der Waals surface area contributed by atoms with E-state index in [-0.39, 0.29) is 12.3 Å². The minimum absolute atomic E-state index is 0.274. The van der Waals surface area contributed by atoms with E-state index in [2.05, 4.69) is 5.32 Å². The fourth-order valence-electron chi connectivity index (χ4n) is 1.55. The molecule has 6 heteroatoms. The molecule has 0 heterocycles. The lowest BCUT2D eigenvalue weighted by Gasteiger charge is -2.16. The molecule has 0 aromatic heterocycles. The Morgan fingerprint density at radius 3 is 2.52 bits per heavy atom. The molecule has 114 valence electrons. The van der Waals surface area contributed by atoms with Crippen LogP contribution in [0.25, 0.3) is 0 Å². The average Bonchev–Trinajstić information content (AvgIpc) is 2.45. The zero-order valence-electron chi connectivity index (χ0n) is 11.9. The van der Waals surface area contributed by atoms with Gasteiger partial charge in [0.15, 0.2) is 0 Å². The second kappa shape index (κ2) is 8.74. The summed E-state index contributed by atoms with van der Waals surface area (Å²) in [6.45, 7) is 3.54. The van der Waals surface area contributed by atoms with Gasteiger partial charge in [-0.25, -0.2) is 4.79 Å². The lowest BCUT2D eigenvalue weighted by atomic mass is 10.2. The predicted octanol–water partition coefficient (Wildman–Crippen LogP) is 3.36. The van der Waals surface area contributed by atoms with Crippen LogP contribution in [0.2, 0.25) is 5.02 Å². The van der Waals surface area contributed by atoms with Crippen LogP contribution in [0.5, 0.6) is 0 Å². The molecule has 2 atom stereocenters. The van der Waals surface area contributed by atoms with Crippen molar-refractivity contribution in [3.05, 3.63) is 41.4 Å². The van der Waals surface area contributed by atoms with Gasteiger partial charge in [-0.05, 0) is 44.5 Å². The summed E-state index contributed by atoms with van der Waals surface area (Å²) in [5, 5.41) is 11.9. The van der Waals surface area contributed by atoms with Gasteiger partial charge < -0.3 is 10.4 Å². The predicted molar refractivity (Wildman–Crippen MR) is 85.8 cm³/mol. The van der Waals surface area contributed by atoms with E-state index in [1.807, 2.05) is 12.1 Å². The van der Waals surface area contributed by atoms with Crippen molar-refractivity contribution in [2.24, 2.45) is 0 Å². The number of aliphatic carboxylic acids is 1. The van der Waals surface area contributed by atoms with Crippen LogP contribution in [0.1, 0.15) is 20.3 Å². The zero-order chi connectivity index (χ0) is 15.8. The Hall–Kier alpha value is -1.46. The number of benzene rings is 1. The highest BCUT2D eigenvalue weighted by Gasteiger charge is 2.22. The third kappa shape index (κ3) is 6.23. The van der Waals surface area contributed by atoms with Crippen molar-refractivity contribution in [1.29, 1.82) is 0 Å². The number of halogens is 1. The molecule has 2 N–H and O–H groups in total. The van der Waals surface area contributed by atoms with Crippen molar-refractivity contribution >= 4 is 35.2 Å². The number of hydrogen-bond donors (Lipinski definition) is 2. The number of allylic oxidation sites excluding steroid dienone is 1. The molecule has 21 heavy (non-hydrogen) atoms. The first-order chi connectivity index (χ1) is 9.93. The second-order valence-corrected chi connectivity index (χ2v) is 6.27. The number of thioether (sulfide) groups is 1. The Balaban J connectivity index is 2.60. The molecule has 1 aromatic rings. The van der Waals surface area contributed by atoms with Gasteiger partial charge in [0.05, 0.1) is 5.25 Å². The molecule has 0 aliphatic heterocycles. The molecule has 4 nitrogen and oxygen atoms in total. The Morgan fingerprint density at radius 2 is 2.00 bits per heavy atom. The summed E-state index contributed by atoms with van der Waals surface area (Å²) in [4.78, 5) is 24.0. The van der Waals surface area contributed by atoms with Gasteiger partial charge in [0.25, 0.3) is 0 Å². The molecule has 0 aliphatic carbocycles. The Labute approximate surface area is 133 Å². The first kappa shape index (κ1) is 17.6. The summed E-state index contributed by atoms with van der Waals surface area (Å²) in [7, 11) is 0. The molecule has 0 radical (unpaired) electrons. The van der Waals surface area contributed by atoms with Crippen LogP contribution in [0.3, 0.4) is 0 Å². The standard InChI is InChI=1S/C15H18ClNO3S/c1-3-4-5-13(15(19)20)17-14(18)10(2)21-12-8-6-11(16)7-9-12/h3-4,6-10,13H,5H2,1-2H3,(H,17,18)(H,19,20)/b4-3+. The quantitative estimate of drug-likeness (QED) is 0.595. The van der Waals surface area contributed by atoms with Gasteiger partial charge in [-0.3, -0.25) is 4.79 Å². The third-order valence-electron chi connectivity index (χ3n) is 2.72. The maximum absolute atomic E-state index is 12.0. The van der Waals surface area contributed by atoms with E-state index in [9.17, 15) is 9.59 Å². The van der Waals surface area contributed by atoms with Gasteiger partial charge in [0, 0.05) is 9.92 Å². The fourth-order valence-corrected chi connectivity index (χ4v) is 2.56. The molecule has 1 amide bonds. The summed E-state index contributed by atoms with van der Waals surface area (Å²) < 4.78 is 0. The number of amides is 1. The number of carbonyl (C=O) groups excluding carboxylic acids is 1. The van der Waals surface area contributed by atoms with Crippen LogP contribution in [0.15, 0.2) is 41.3 Å². The van der Waals surface area contributed by atoms with Gasteiger partial charge in [-0.2, -0.15) is 0 Å². The van der Waals surface area contributed by atoms with E-state index < -0.39 is 17.3 Å². The number of carboxylic acid groups (broad SMARTS) is 1. The van der Waals surface area contributed by atoms with Crippen molar-refractivity contribution in [3.8, 4) is 0 Å². The van der Waals surface area contributed by atoms with Crippen LogP contribution >= 0.6 is 23.4 Å². The molecular weight excluding hydrogens is 310 g/mol. The summed E-state index contributed by atoms with van der Waals surface area (Å²) in [6.07, 6.45) is 3.75. The molecular formula is C15H18ClNO3S. The summed E-state index contributed by atoms with van der Waals surface area (Å²) >= 11 is 7.16. The maximum atomic E-state index is 12.0. The molecule has 1 rings (SSSR count). The third-order valence-corrected chi connectivity index (χ3v) is 4.08. The number of carboxylic acids is 1. The molecule has 0 fully saturated rings. The highest BCUT2D eigenvalue weighted by atomic mass is 35.5. The van der Waals surface area contributed by atoms with E-state index in [0.717, 1.165) is 4.90 Å². The number of hydrogen-bond acceptors (Lipinski definition) is 3. The van der Waals surface area contributed by atoms with Gasteiger partial charge in [0.1, 0.15) is 6.04 Å². The lowest BCUT2D eigenvalue weighted by molar-refractivity contribution is -0.141. The first-order valence-electron chi connectivity index (χ1n) is 6.50. The SMILES string of the molecule is C/C=C/CC(NC(=O)C(C)Sc1ccc(Cl)cc1)C(=O)O. The Kier molecular flexibility index (Phi) is 7.32. The van der Waals surface area contributed by atoms with E-state index in [4.69, 9.17) is 16.7 Å². The largest absolute Gasteiger partial charge is 0.480 e. The number of carbonyl (C=O) groups is 2. The molecule has 0 saturated heterocycles. The van der Waals surface area contributed by atoms with Crippen LogP contribution in [-0.2, 0) is 9.59 Å². The second-order valence-electron chi connectivity index (χ2n) is 4.42. The first-order valence-corrected chi connectivity index (χ1v) is 7.76. The smallest absolute Gasteiger partial charge is 0.326 e. The van der Waals surface area contributed by atoms with Crippen LogP contribution in [0.4, 0.5) is 0 Å². The summed E-state index contributed by atoms with van der Waals surface area (Å²) in [6, 6.07) is 6.25. The maximum Gasteiger partial charge on any atom is 0.326 e. The van der Waals surface area contributed by atoms with Crippen LogP contribution < -0.4 is 5.32 Å². The lowest BCUT2D eigenvalue weighted by Crippen LogP contribution is -2.43. The van der Waals surface area contributed by atoms with Crippen LogP contribution in [0, 0.1) is 0 Å². The molecule has 0 bridgehead atoms. The summed E-state index contributed by atoms with van der Waals surface area (Å²) in [5.74, 6) is -1.34. The van der Waals surface area contributed by atoms with E-state index >= 15 is 0 Å². The minimum atomic E-state index is -1.04. The van der Waals surface area contributed by atoms with Crippen molar-refractivity contribution in [2.75, 3.05) is 0 Å². The van der Waals surface area contributed by atoms with Crippen molar-refractivity contribution in [1.82, 2.24) is 5.32 Å².